The van der Waals surface area contributed by atoms with Crippen molar-refractivity contribution in [1.29, 1.82) is 0 Å². The van der Waals surface area contributed by atoms with Gasteiger partial charge < -0.3 is 10.2 Å². The number of anilines is 1. The molecule has 0 spiro atoms. The number of nitro groups is 1. The van der Waals surface area contributed by atoms with Crippen molar-refractivity contribution in [3.63, 3.8) is 0 Å². The molecule has 2 aliphatic heterocycles. The SMILES string of the molecule is CN(C)c1ccc(C2C3=C(CC(C)(C)CC3=O)NC3NNC(c4cccc([N+](=O)[O-])c4)C32)cc1. The molecule has 5 rings (SSSR count). The second-order valence-electron chi connectivity index (χ2n) is 10.6. The van der Waals surface area contributed by atoms with Crippen LogP contribution < -0.4 is 21.1 Å². The van der Waals surface area contributed by atoms with Crippen LogP contribution in [0.1, 0.15) is 49.8 Å². The van der Waals surface area contributed by atoms with Crippen LogP contribution in [0.15, 0.2) is 59.8 Å². The minimum Gasteiger partial charge on any atom is -0.378 e. The minimum absolute atomic E-state index is 0.0453. The number of allylic oxidation sites excluding steroid dienone is 2. The first-order valence-electron chi connectivity index (χ1n) is 11.7. The molecule has 4 unspecified atom stereocenters. The Morgan fingerprint density at radius 1 is 1.03 bits per heavy atom. The number of nitrogens with zero attached hydrogens (tertiary/aromatic N) is 2. The van der Waals surface area contributed by atoms with Crippen LogP contribution in [0, 0.1) is 21.4 Å². The molecule has 34 heavy (non-hydrogen) atoms. The molecule has 0 saturated carbocycles. The van der Waals surface area contributed by atoms with Crippen molar-refractivity contribution in [1.82, 2.24) is 16.2 Å². The Kier molecular flexibility index (Phi) is 5.45. The van der Waals surface area contributed by atoms with Gasteiger partial charge in [0.2, 0.25) is 0 Å². The van der Waals surface area contributed by atoms with Crippen molar-refractivity contribution in [2.45, 2.75) is 44.8 Å². The molecule has 8 heteroatoms. The molecule has 178 valence electrons. The number of nitrogens with one attached hydrogen (secondary N) is 3. The van der Waals surface area contributed by atoms with Crippen molar-refractivity contribution >= 4 is 17.2 Å². The fraction of sp³-hybridized carbons (Fsp3) is 0.423. The number of nitro benzene ring substituents is 1. The largest absolute Gasteiger partial charge is 0.378 e. The Labute approximate surface area is 199 Å². The second kappa shape index (κ2) is 8.21. The van der Waals surface area contributed by atoms with Gasteiger partial charge in [-0.05, 0) is 35.1 Å². The number of carbonyl (C=O) groups excluding carboxylic acids is 1. The highest BCUT2D eigenvalue weighted by Crippen LogP contribution is 2.51. The van der Waals surface area contributed by atoms with Crippen LogP contribution in [0.2, 0.25) is 0 Å². The van der Waals surface area contributed by atoms with Crippen LogP contribution in [0.25, 0.3) is 0 Å². The number of hydrogen-bond acceptors (Lipinski definition) is 7. The molecular weight excluding hydrogens is 430 g/mol. The monoisotopic (exact) mass is 461 g/mol. The number of carbonyl (C=O) groups is 1. The predicted molar refractivity (Wildman–Crippen MR) is 131 cm³/mol. The van der Waals surface area contributed by atoms with Gasteiger partial charge in [-0.1, -0.05) is 38.1 Å². The van der Waals surface area contributed by atoms with Crippen LogP contribution in [0.3, 0.4) is 0 Å². The molecule has 1 saturated heterocycles. The highest BCUT2D eigenvalue weighted by Gasteiger charge is 2.51. The van der Waals surface area contributed by atoms with E-state index in [1.54, 1.807) is 12.1 Å². The Bertz CT molecular complexity index is 1170. The quantitative estimate of drug-likeness (QED) is 0.471. The summed E-state index contributed by atoms with van der Waals surface area (Å²) < 4.78 is 0. The van der Waals surface area contributed by atoms with Crippen LogP contribution in [0.4, 0.5) is 11.4 Å². The summed E-state index contributed by atoms with van der Waals surface area (Å²) in [6, 6.07) is 15.0. The summed E-state index contributed by atoms with van der Waals surface area (Å²) in [5.74, 6) is 0.00697. The predicted octanol–water partition coefficient (Wildman–Crippen LogP) is 3.78. The van der Waals surface area contributed by atoms with Gasteiger partial charge in [-0.2, -0.15) is 0 Å². The molecule has 2 heterocycles. The van der Waals surface area contributed by atoms with Gasteiger partial charge in [-0.3, -0.25) is 14.9 Å². The van der Waals surface area contributed by atoms with E-state index in [-0.39, 0.29) is 45.9 Å². The van der Waals surface area contributed by atoms with E-state index in [0.29, 0.717) is 6.42 Å². The molecule has 0 amide bonds. The van der Waals surface area contributed by atoms with Gasteiger partial charge in [0.25, 0.3) is 5.69 Å². The summed E-state index contributed by atoms with van der Waals surface area (Å²) in [7, 11) is 4.01. The van der Waals surface area contributed by atoms with Crippen LogP contribution in [-0.4, -0.2) is 31.0 Å². The van der Waals surface area contributed by atoms with Crippen molar-refractivity contribution in [3.05, 3.63) is 81.0 Å². The molecule has 2 aromatic carbocycles. The highest BCUT2D eigenvalue weighted by atomic mass is 16.6. The fourth-order valence-electron chi connectivity index (χ4n) is 5.79. The number of ketones is 1. The first kappa shape index (κ1) is 22.6. The highest BCUT2D eigenvalue weighted by molar-refractivity contribution is 5.99. The number of benzene rings is 2. The standard InChI is InChI=1S/C26H31N5O3/c1-26(2)13-19-22(20(32)14-26)21(15-8-10-17(11-9-15)30(3)4)23-24(28-29-25(23)27-19)16-6-5-7-18(12-16)31(33)34/h5-12,21,23-25,27-29H,13-14H2,1-4H3. The van der Waals surface area contributed by atoms with Crippen LogP contribution in [-0.2, 0) is 4.79 Å². The molecule has 0 bridgehead atoms. The third-order valence-corrected chi connectivity index (χ3v) is 7.32. The molecule has 2 aromatic rings. The zero-order chi connectivity index (χ0) is 24.2. The van der Waals surface area contributed by atoms with Gasteiger partial charge in [0.15, 0.2) is 5.78 Å². The molecular formula is C26H31N5O3. The normalized spacial score (nSPS) is 27.6. The molecule has 1 fully saturated rings. The topological polar surface area (TPSA) is 99.5 Å². The summed E-state index contributed by atoms with van der Waals surface area (Å²) in [5, 5.41) is 15.0. The summed E-state index contributed by atoms with van der Waals surface area (Å²) in [6.07, 6.45) is 1.22. The lowest BCUT2D eigenvalue weighted by molar-refractivity contribution is -0.384. The number of Topliss-reactive ketones (excluding diaryl/α,β-unsaturated/α-hetero) is 1. The van der Waals surface area contributed by atoms with Crippen LogP contribution in [0.5, 0.6) is 0 Å². The number of non-ortho nitro benzene ring substituents is 1. The first-order chi connectivity index (χ1) is 16.1. The number of rotatable bonds is 4. The lowest BCUT2D eigenvalue weighted by atomic mass is 9.65. The molecule has 1 aliphatic carbocycles. The summed E-state index contributed by atoms with van der Waals surface area (Å²) in [5.41, 5.74) is 11.6. The minimum atomic E-state index is -0.368. The van der Waals surface area contributed by atoms with Gasteiger partial charge >= 0.3 is 0 Å². The van der Waals surface area contributed by atoms with E-state index in [0.717, 1.165) is 34.5 Å². The zero-order valence-corrected chi connectivity index (χ0v) is 20.0. The van der Waals surface area contributed by atoms with Crippen LogP contribution >= 0.6 is 0 Å². The average Bonchev–Trinajstić information content (AvgIpc) is 3.20. The van der Waals surface area contributed by atoms with Gasteiger partial charge in [-0.15, -0.1) is 0 Å². The molecule has 3 aliphatic rings. The smallest absolute Gasteiger partial charge is 0.269 e. The summed E-state index contributed by atoms with van der Waals surface area (Å²) in [4.78, 5) is 26.6. The van der Waals surface area contributed by atoms with Crippen molar-refractivity contribution in [3.8, 4) is 0 Å². The third kappa shape index (κ3) is 3.86. The number of hydrazine groups is 1. The lowest BCUT2D eigenvalue weighted by Crippen LogP contribution is -2.51. The fourth-order valence-corrected chi connectivity index (χ4v) is 5.79. The average molecular weight is 462 g/mol. The number of fused-ring (bicyclic) bond motifs is 1. The molecule has 8 nitrogen and oxygen atoms in total. The third-order valence-electron chi connectivity index (χ3n) is 7.32. The lowest BCUT2D eigenvalue weighted by Gasteiger charge is -2.44. The zero-order valence-electron chi connectivity index (χ0n) is 20.0. The van der Waals surface area contributed by atoms with E-state index in [4.69, 9.17) is 0 Å². The Morgan fingerprint density at radius 3 is 2.44 bits per heavy atom. The Balaban J connectivity index is 1.63. The maximum atomic E-state index is 13.5. The van der Waals surface area contributed by atoms with Gasteiger partial charge in [0.05, 0.1) is 17.1 Å². The van der Waals surface area contributed by atoms with E-state index < -0.39 is 0 Å². The Hall–Kier alpha value is -3.23. The van der Waals surface area contributed by atoms with Gasteiger partial charge in [-0.25, -0.2) is 10.9 Å². The van der Waals surface area contributed by atoms with Crippen molar-refractivity contribution in [2.24, 2.45) is 11.3 Å². The summed E-state index contributed by atoms with van der Waals surface area (Å²) in [6.45, 7) is 4.27. The maximum Gasteiger partial charge on any atom is 0.269 e. The Morgan fingerprint density at radius 2 is 1.76 bits per heavy atom. The van der Waals surface area contributed by atoms with Crippen molar-refractivity contribution in [2.75, 3.05) is 19.0 Å². The van der Waals surface area contributed by atoms with Crippen molar-refractivity contribution < 1.29 is 9.72 Å². The second-order valence-corrected chi connectivity index (χ2v) is 10.6. The number of hydrogen-bond donors (Lipinski definition) is 3. The van der Waals surface area contributed by atoms with E-state index >= 15 is 0 Å². The van der Waals surface area contributed by atoms with Gasteiger partial charge in [0, 0.05) is 61.4 Å². The van der Waals surface area contributed by atoms with E-state index in [9.17, 15) is 14.9 Å². The first-order valence-corrected chi connectivity index (χ1v) is 11.7. The maximum absolute atomic E-state index is 13.5. The molecule has 0 aromatic heterocycles. The summed E-state index contributed by atoms with van der Waals surface area (Å²) >= 11 is 0. The molecule has 4 atom stereocenters. The van der Waals surface area contributed by atoms with E-state index in [2.05, 4.69) is 59.2 Å². The molecule has 3 N–H and O–H groups in total. The molecule has 0 radical (unpaired) electrons. The van der Waals surface area contributed by atoms with E-state index in [1.165, 1.54) is 6.07 Å². The van der Waals surface area contributed by atoms with Gasteiger partial charge in [0.1, 0.15) is 0 Å². The van der Waals surface area contributed by atoms with E-state index in [1.807, 2.05) is 20.2 Å².